The molecule has 0 saturated heterocycles. The number of aromatic nitrogens is 1. The van der Waals surface area contributed by atoms with Crippen LogP contribution in [0, 0.1) is 11.8 Å². The highest BCUT2D eigenvalue weighted by atomic mass is 31.2. The molecule has 10 heteroatoms. The maximum absolute atomic E-state index is 13.9. The van der Waals surface area contributed by atoms with Crippen molar-refractivity contribution in [1.29, 1.82) is 0 Å². The first-order chi connectivity index (χ1) is 18.5. The summed E-state index contributed by atoms with van der Waals surface area (Å²) in [4.78, 5) is 54.3. The van der Waals surface area contributed by atoms with Crippen molar-refractivity contribution in [3.8, 4) is 11.1 Å². The molecule has 2 unspecified atom stereocenters. The normalized spacial score (nSPS) is 14.2. The summed E-state index contributed by atoms with van der Waals surface area (Å²) in [7, 11) is -4.00. The molecule has 9 nitrogen and oxygen atoms in total. The number of pyridine rings is 1. The fourth-order valence-electron chi connectivity index (χ4n) is 4.32. The maximum atomic E-state index is 13.9. The Morgan fingerprint density at radius 1 is 0.949 bits per heavy atom. The van der Waals surface area contributed by atoms with Crippen LogP contribution in [0.15, 0.2) is 79.1 Å². The second kappa shape index (κ2) is 13.3. The van der Waals surface area contributed by atoms with Gasteiger partial charge in [-0.15, -0.1) is 0 Å². The molecule has 2 aromatic carbocycles. The number of hydrogen-bond acceptors (Lipinski definition) is 5. The molecule has 1 aromatic heterocycles. The Hall–Kier alpha value is -3.81. The number of carboxylic acid groups (broad SMARTS) is 1. The Bertz CT molecular complexity index is 1320. The summed E-state index contributed by atoms with van der Waals surface area (Å²) < 4.78 is 13.2. The summed E-state index contributed by atoms with van der Waals surface area (Å²) in [6, 6.07) is 17.6. The Morgan fingerprint density at radius 2 is 1.62 bits per heavy atom. The lowest BCUT2D eigenvalue weighted by Crippen LogP contribution is -2.47. The molecule has 3 atom stereocenters. The van der Waals surface area contributed by atoms with Crippen LogP contribution in [0.2, 0.25) is 0 Å². The van der Waals surface area contributed by atoms with Gasteiger partial charge in [0.15, 0.2) is 0 Å². The molecule has 2 amide bonds. The first-order valence-electron chi connectivity index (χ1n) is 12.7. The van der Waals surface area contributed by atoms with E-state index in [2.05, 4.69) is 10.3 Å². The largest absolute Gasteiger partial charge is 0.480 e. The summed E-state index contributed by atoms with van der Waals surface area (Å²) >= 11 is 0. The highest BCUT2D eigenvalue weighted by Gasteiger charge is 2.36. The van der Waals surface area contributed by atoms with Gasteiger partial charge in [0.2, 0.25) is 13.3 Å². The van der Waals surface area contributed by atoms with Crippen LogP contribution < -0.4 is 10.2 Å². The number of anilines is 1. The van der Waals surface area contributed by atoms with Crippen molar-refractivity contribution in [3.63, 3.8) is 0 Å². The molecule has 0 radical (unpaired) electrons. The quantitative estimate of drug-likeness (QED) is 0.273. The highest BCUT2D eigenvalue weighted by molar-refractivity contribution is 7.58. The van der Waals surface area contributed by atoms with Crippen molar-refractivity contribution in [2.45, 2.75) is 33.2 Å². The van der Waals surface area contributed by atoms with Gasteiger partial charge in [-0.25, -0.2) is 4.79 Å². The van der Waals surface area contributed by atoms with Crippen LogP contribution in [0.5, 0.6) is 0 Å². The fraction of sp³-hybridized carbons (Fsp3) is 0.310. The van der Waals surface area contributed by atoms with Gasteiger partial charge in [0.25, 0.3) is 5.91 Å². The van der Waals surface area contributed by atoms with Gasteiger partial charge >= 0.3 is 5.97 Å². The van der Waals surface area contributed by atoms with Crippen molar-refractivity contribution in [3.05, 3.63) is 84.7 Å². The number of amides is 2. The Morgan fingerprint density at radius 3 is 2.18 bits per heavy atom. The Labute approximate surface area is 228 Å². The summed E-state index contributed by atoms with van der Waals surface area (Å²) in [5, 5.41) is 12.3. The number of hydrogen-bond donors (Lipinski definition) is 3. The van der Waals surface area contributed by atoms with Gasteiger partial charge in [0.1, 0.15) is 6.04 Å². The number of aliphatic carboxylic acids is 1. The molecule has 0 fully saturated rings. The van der Waals surface area contributed by atoms with E-state index in [0.717, 1.165) is 11.1 Å². The molecule has 0 aliphatic heterocycles. The highest BCUT2D eigenvalue weighted by Crippen LogP contribution is 2.43. The van der Waals surface area contributed by atoms with E-state index in [0.29, 0.717) is 11.3 Å². The minimum atomic E-state index is -4.00. The van der Waals surface area contributed by atoms with E-state index < -0.39 is 49.6 Å². The average molecular weight is 552 g/mol. The van der Waals surface area contributed by atoms with Crippen LogP contribution >= 0.6 is 7.37 Å². The predicted octanol–water partition coefficient (Wildman–Crippen LogP) is 4.87. The average Bonchev–Trinajstić information content (AvgIpc) is 2.92. The minimum Gasteiger partial charge on any atom is -0.480 e. The van der Waals surface area contributed by atoms with Gasteiger partial charge in [0, 0.05) is 35.7 Å². The van der Waals surface area contributed by atoms with Crippen LogP contribution in [0.3, 0.4) is 0 Å². The third kappa shape index (κ3) is 8.34. The van der Waals surface area contributed by atoms with Crippen molar-refractivity contribution >= 4 is 30.8 Å². The second-order valence-corrected chi connectivity index (χ2v) is 12.3. The van der Waals surface area contributed by atoms with Gasteiger partial charge in [-0.05, 0) is 60.7 Å². The topological polar surface area (TPSA) is 137 Å². The molecule has 39 heavy (non-hydrogen) atoms. The summed E-state index contributed by atoms with van der Waals surface area (Å²) in [5.74, 6) is -3.20. The van der Waals surface area contributed by atoms with Crippen molar-refractivity contribution in [1.82, 2.24) is 10.3 Å². The summed E-state index contributed by atoms with van der Waals surface area (Å²) in [5.41, 5.74) is 2.42. The van der Waals surface area contributed by atoms with E-state index in [1.54, 1.807) is 73.1 Å². The SMILES string of the molecule is CC(C)CC(CP(=O)(O)CNC(=O)c1ccccc1)C(=O)N(c1ccc(-c2cccnc2)cc1)[C@@H](C)C(=O)O. The molecule has 0 saturated carbocycles. The third-order valence-corrected chi connectivity index (χ3v) is 7.92. The van der Waals surface area contributed by atoms with E-state index in [9.17, 15) is 28.9 Å². The molecule has 206 valence electrons. The molecule has 3 aromatic rings. The van der Waals surface area contributed by atoms with E-state index in [4.69, 9.17) is 0 Å². The van der Waals surface area contributed by atoms with Crippen LogP contribution in [0.4, 0.5) is 5.69 Å². The molecule has 0 bridgehead atoms. The smallest absolute Gasteiger partial charge is 0.326 e. The fourth-order valence-corrected chi connectivity index (χ4v) is 5.83. The van der Waals surface area contributed by atoms with Gasteiger partial charge in [-0.1, -0.05) is 50.2 Å². The number of carboxylic acids is 1. The maximum Gasteiger partial charge on any atom is 0.326 e. The van der Waals surface area contributed by atoms with Crippen molar-refractivity contribution in [2.75, 3.05) is 17.3 Å². The summed E-state index contributed by atoms with van der Waals surface area (Å²) in [6.45, 7) is 5.17. The molecule has 0 spiro atoms. The van der Waals surface area contributed by atoms with Crippen LogP contribution in [0.1, 0.15) is 37.6 Å². The van der Waals surface area contributed by atoms with Gasteiger partial charge in [0.05, 0.1) is 6.29 Å². The van der Waals surface area contributed by atoms with Gasteiger partial charge < -0.3 is 15.3 Å². The lowest BCUT2D eigenvalue weighted by atomic mass is 9.96. The molecular formula is C29H34N3O6P. The Balaban J connectivity index is 1.84. The first-order valence-corrected chi connectivity index (χ1v) is 14.7. The minimum absolute atomic E-state index is 0.00667. The van der Waals surface area contributed by atoms with E-state index >= 15 is 0 Å². The third-order valence-electron chi connectivity index (χ3n) is 6.26. The van der Waals surface area contributed by atoms with Crippen molar-refractivity contribution < 1.29 is 28.9 Å². The van der Waals surface area contributed by atoms with Crippen LogP contribution in [-0.4, -0.2) is 51.3 Å². The lowest BCUT2D eigenvalue weighted by molar-refractivity contribution is -0.140. The molecule has 0 aliphatic carbocycles. The number of rotatable bonds is 12. The number of nitrogens with zero attached hydrogens (tertiary/aromatic N) is 2. The van der Waals surface area contributed by atoms with Crippen LogP contribution in [-0.2, 0) is 14.2 Å². The number of nitrogens with one attached hydrogen (secondary N) is 1. The zero-order valence-corrected chi connectivity index (χ0v) is 23.1. The molecule has 3 rings (SSSR count). The first kappa shape index (κ1) is 29.7. The molecule has 0 aliphatic rings. The number of benzene rings is 2. The summed E-state index contributed by atoms with van der Waals surface area (Å²) in [6.07, 6.45) is 2.74. The van der Waals surface area contributed by atoms with Gasteiger partial charge in [-0.2, -0.15) is 0 Å². The monoisotopic (exact) mass is 551 g/mol. The standard InChI is InChI=1S/C29H34N3O6P/c1-20(2)16-25(18-39(37,38)19-31-27(33)23-8-5-4-6-9-23)28(34)32(21(3)29(35)36)26-13-11-22(12-14-26)24-10-7-15-30-17-24/h4-15,17,20-21,25H,16,18-19H2,1-3H3,(H,31,33)(H,35,36)(H,37,38)/t21-,25?/m0/s1. The van der Waals surface area contributed by atoms with E-state index in [1.807, 2.05) is 19.9 Å². The van der Waals surface area contributed by atoms with E-state index in [1.165, 1.54) is 11.8 Å². The Kier molecular flexibility index (Phi) is 10.2. The van der Waals surface area contributed by atoms with Gasteiger partial charge in [-0.3, -0.25) is 24.0 Å². The second-order valence-electron chi connectivity index (χ2n) is 9.90. The predicted molar refractivity (Wildman–Crippen MR) is 151 cm³/mol. The molecular weight excluding hydrogens is 517 g/mol. The zero-order valence-electron chi connectivity index (χ0n) is 22.2. The van der Waals surface area contributed by atoms with Crippen LogP contribution in [0.25, 0.3) is 11.1 Å². The van der Waals surface area contributed by atoms with E-state index in [-0.39, 0.29) is 12.3 Å². The lowest BCUT2D eigenvalue weighted by Gasteiger charge is -2.32. The van der Waals surface area contributed by atoms with Crippen molar-refractivity contribution in [2.24, 2.45) is 11.8 Å². The number of carbonyl (C=O) groups is 3. The zero-order chi connectivity index (χ0) is 28.6. The molecule has 3 N–H and O–H groups in total. The molecule has 1 heterocycles. The number of carbonyl (C=O) groups excluding carboxylic acids is 2.